The van der Waals surface area contributed by atoms with Crippen molar-refractivity contribution >= 4 is 28.6 Å². The van der Waals surface area contributed by atoms with Gasteiger partial charge in [-0.3, -0.25) is 4.79 Å². The zero-order chi connectivity index (χ0) is 22.5. The molecule has 2 N–H and O–H groups in total. The van der Waals surface area contributed by atoms with Crippen molar-refractivity contribution in [1.82, 2.24) is 9.88 Å². The van der Waals surface area contributed by atoms with Crippen LogP contribution in [0.25, 0.3) is 10.6 Å². The first kappa shape index (κ1) is 22.5. The number of likely N-dealkylation sites (tertiary alicyclic amines) is 1. The van der Waals surface area contributed by atoms with E-state index in [1.807, 2.05) is 11.8 Å². The minimum Gasteiger partial charge on any atom is -0.396 e. The molecule has 174 valence electrons. The third kappa shape index (κ3) is 3.56. The lowest BCUT2D eigenvalue weighted by atomic mass is 9.47. The van der Waals surface area contributed by atoms with E-state index in [0.29, 0.717) is 12.8 Å². The first-order valence-electron chi connectivity index (χ1n) is 12.0. The molecule has 0 spiro atoms. The van der Waals surface area contributed by atoms with Crippen LogP contribution in [0.3, 0.4) is 0 Å². The molecule has 1 aliphatic heterocycles. The largest absolute Gasteiger partial charge is 0.396 e. The fourth-order valence-electron chi connectivity index (χ4n) is 6.60. The van der Waals surface area contributed by atoms with Gasteiger partial charge >= 0.3 is 0 Å². The number of aliphatic hydroxyl groups is 2. The molecular formula is C25H34N2O3S2. The Hall–Kier alpha value is -1.28. The maximum Gasteiger partial charge on any atom is 0.223 e. The Labute approximate surface area is 198 Å². The minimum absolute atomic E-state index is 0.0210. The van der Waals surface area contributed by atoms with Crippen LogP contribution in [0.4, 0.5) is 0 Å². The summed E-state index contributed by atoms with van der Waals surface area (Å²) in [6, 6.07) is 2.11. The lowest BCUT2D eigenvalue weighted by Gasteiger charge is -2.58. The molecule has 5 nitrogen and oxygen atoms in total. The summed E-state index contributed by atoms with van der Waals surface area (Å²) >= 11 is 3.41. The van der Waals surface area contributed by atoms with Gasteiger partial charge in [0, 0.05) is 46.7 Å². The number of carbonyl (C=O) groups is 1. The van der Waals surface area contributed by atoms with Crippen molar-refractivity contribution in [2.75, 3.05) is 19.7 Å². The van der Waals surface area contributed by atoms with E-state index in [2.05, 4.69) is 23.8 Å². The van der Waals surface area contributed by atoms with Crippen LogP contribution in [-0.4, -0.2) is 51.8 Å². The highest BCUT2D eigenvalue weighted by Gasteiger charge is 2.59. The summed E-state index contributed by atoms with van der Waals surface area (Å²) in [6.07, 6.45) is 5.69. The van der Waals surface area contributed by atoms with E-state index in [9.17, 15) is 15.0 Å². The number of nitrogens with zero attached hydrogens (tertiary/aromatic N) is 2. The summed E-state index contributed by atoms with van der Waals surface area (Å²) in [5.74, 6) is 0.378. The van der Waals surface area contributed by atoms with Crippen molar-refractivity contribution in [3.63, 3.8) is 0 Å². The van der Waals surface area contributed by atoms with E-state index < -0.39 is 11.5 Å². The second-order valence-electron chi connectivity index (χ2n) is 10.5. The van der Waals surface area contributed by atoms with Crippen LogP contribution in [0.1, 0.15) is 68.9 Å². The van der Waals surface area contributed by atoms with E-state index in [1.165, 1.54) is 11.3 Å². The number of carbonyl (C=O) groups excluding carboxylic acids is 1. The maximum absolute atomic E-state index is 13.4. The number of rotatable bonds is 4. The molecule has 3 aliphatic rings. The van der Waals surface area contributed by atoms with Crippen LogP contribution in [0.5, 0.6) is 0 Å². The summed E-state index contributed by atoms with van der Waals surface area (Å²) < 4.78 is 0. The Balaban J connectivity index is 1.56. The molecular weight excluding hydrogens is 440 g/mol. The standard InChI is InChI=1S/C25H34N2O3S2/c1-24-8-6-20(29)25(2,15-28)19(24)13-18-22(26-23(32-18)16-7-11-31-14-16)17(24)12-21(30)27-9-4-3-5-10-27/h7,11,14,17,19-20,28-29H,3-6,8-10,12-13,15H2,1-2H3. The van der Waals surface area contributed by atoms with Gasteiger partial charge in [-0.2, -0.15) is 11.3 Å². The molecule has 1 saturated heterocycles. The first-order chi connectivity index (χ1) is 15.4. The number of piperidine rings is 1. The maximum atomic E-state index is 13.4. The van der Waals surface area contributed by atoms with Crippen LogP contribution < -0.4 is 0 Å². The average Bonchev–Trinajstić information content (AvgIpc) is 3.48. The smallest absolute Gasteiger partial charge is 0.223 e. The van der Waals surface area contributed by atoms with Crippen LogP contribution >= 0.6 is 22.7 Å². The molecule has 7 heteroatoms. The molecule has 2 aromatic heterocycles. The van der Waals surface area contributed by atoms with Crippen molar-refractivity contribution in [3.8, 4) is 10.6 Å². The topological polar surface area (TPSA) is 73.7 Å². The number of hydrogen-bond donors (Lipinski definition) is 2. The lowest BCUT2D eigenvalue weighted by Crippen LogP contribution is -2.57. The van der Waals surface area contributed by atoms with Gasteiger partial charge in [0.1, 0.15) is 5.01 Å². The summed E-state index contributed by atoms with van der Waals surface area (Å²) in [4.78, 5) is 21.8. The number of amides is 1. The number of thiophene rings is 1. The van der Waals surface area contributed by atoms with Gasteiger partial charge in [0.2, 0.25) is 5.91 Å². The predicted octanol–water partition coefficient (Wildman–Crippen LogP) is 4.69. The van der Waals surface area contributed by atoms with Gasteiger partial charge < -0.3 is 15.1 Å². The van der Waals surface area contributed by atoms with Gasteiger partial charge in [-0.1, -0.05) is 13.8 Å². The summed E-state index contributed by atoms with van der Waals surface area (Å²) in [5, 5.41) is 26.6. The van der Waals surface area contributed by atoms with Crippen LogP contribution in [0.2, 0.25) is 0 Å². The number of aliphatic hydroxyl groups excluding tert-OH is 2. The van der Waals surface area contributed by atoms with E-state index in [-0.39, 0.29) is 29.8 Å². The monoisotopic (exact) mass is 474 g/mol. The lowest BCUT2D eigenvalue weighted by molar-refractivity contribution is -0.147. The third-order valence-electron chi connectivity index (χ3n) is 8.75. The van der Waals surface area contributed by atoms with Gasteiger partial charge in [0.15, 0.2) is 0 Å². The first-order valence-corrected chi connectivity index (χ1v) is 13.7. The van der Waals surface area contributed by atoms with E-state index in [0.717, 1.165) is 55.0 Å². The Kier molecular flexibility index (Phi) is 5.98. The van der Waals surface area contributed by atoms with Crippen LogP contribution in [-0.2, 0) is 11.2 Å². The highest BCUT2D eigenvalue weighted by Crippen LogP contribution is 2.63. The molecule has 2 aromatic rings. The average molecular weight is 475 g/mol. The quantitative estimate of drug-likeness (QED) is 0.674. The fourth-order valence-corrected chi connectivity index (χ4v) is 8.48. The molecule has 32 heavy (non-hydrogen) atoms. The Morgan fingerprint density at radius 2 is 2.06 bits per heavy atom. The Morgan fingerprint density at radius 3 is 2.75 bits per heavy atom. The predicted molar refractivity (Wildman–Crippen MR) is 129 cm³/mol. The molecule has 0 bridgehead atoms. The molecule has 5 atom stereocenters. The molecule has 3 heterocycles. The second kappa shape index (κ2) is 8.49. The van der Waals surface area contributed by atoms with E-state index in [4.69, 9.17) is 4.98 Å². The van der Waals surface area contributed by atoms with Gasteiger partial charge in [-0.25, -0.2) is 4.98 Å². The summed E-state index contributed by atoms with van der Waals surface area (Å²) in [5.41, 5.74) is 1.50. The van der Waals surface area contributed by atoms with Crippen molar-refractivity contribution in [1.29, 1.82) is 0 Å². The minimum atomic E-state index is -0.566. The zero-order valence-electron chi connectivity index (χ0n) is 19.0. The number of hydrogen-bond acceptors (Lipinski definition) is 6. The van der Waals surface area contributed by atoms with Crippen molar-refractivity contribution in [2.24, 2.45) is 16.7 Å². The summed E-state index contributed by atoms with van der Waals surface area (Å²) in [6.45, 7) is 6.02. The number of aromatic nitrogens is 1. The summed E-state index contributed by atoms with van der Waals surface area (Å²) in [7, 11) is 0. The second-order valence-corrected chi connectivity index (χ2v) is 12.4. The van der Waals surface area contributed by atoms with Crippen LogP contribution in [0, 0.1) is 16.7 Å². The van der Waals surface area contributed by atoms with Crippen molar-refractivity contribution in [3.05, 3.63) is 27.4 Å². The third-order valence-corrected chi connectivity index (χ3v) is 10.6. The van der Waals surface area contributed by atoms with E-state index >= 15 is 0 Å². The normalized spacial score (nSPS) is 34.8. The van der Waals surface area contributed by atoms with Gasteiger partial charge in [0.05, 0.1) is 18.4 Å². The molecule has 1 amide bonds. The molecule has 1 saturated carbocycles. The SMILES string of the molecule is CC1(CO)C(O)CCC2(C)C(CC(=O)N3CCCCC3)c3nc(-c4ccsc4)sc3CC12. The molecule has 5 rings (SSSR count). The highest BCUT2D eigenvalue weighted by molar-refractivity contribution is 7.15. The highest BCUT2D eigenvalue weighted by atomic mass is 32.1. The van der Waals surface area contributed by atoms with Gasteiger partial charge in [-0.05, 0) is 61.3 Å². The van der Waals surface area contributed by atoms with Crippen LogP contribution in [0.15, 0.2) is 16.8 Å². The number of fused-ring (bicyclic) bond motifs is 2. The molecule has 5 unspecified atom stereocenters. The molecule has 0 aromatic carbocycles. The van der Waals surface area contributed by atoms with E-state index in [1.54, 1.807) is 22.7 Å². The Bertz CT molecular complexity index is 968. The zero-order valence-corrected chi connectivity index (χ0v) is 20.7. The van der Waals surface area contributed by atoms with Crippen molar-refractivity contribution in [2.45, 2.75) is 70.8 Å². The molecule has 0 radical (unpaired) electrons. The molecule has 2 aliphatic carbocycles. The van der Waals surface area contributed by atoms with Gasteiger partial charge in [-0.15, -0.1) is 11.3 Å². The number of thiazole rings is 1. The van der Waals surface area contributed by atoms with Crippen molar-refractivity contribution < 1.29 is 15.0 Å². The Morgan fingerprint density at radius 1 is 1.28 bits per heavy atom. The fraction of sp³-hybridized carbons (Fsp3) is 0.680. The van der Waals surface area contributed by atoms with Gasteiger partial charge in [0.25, 0.3) is 0 Å². The molecule has 2 fully saturated rings.